The van der Waals surface area contributed by atoms with Crippen molar-refractivity contribution >= 4 is 43.3 Å². The highest BCUT2D eigenvalue weighted by Gasteiger charge is 2.40. The molecular weight excluding hydrogens is 581 g/mol. The lowest BCUT2D eigenvalue weighted by Gasteiger charge is -2.21. The molecule has 0 saturated heterocycles. The first kappa shape index (κ1) is 27.2. The van der Waals surface area contributed by atoms with Crippen LogP contribution < -0.4 is 0 Å². The monoisotopic (exact) mass is 612 g/mol. The second-order valence-electron chi connectivity index (χ2n) is 13.6. The lowest BCUT2D eigenvalue weighted by Crippen LogP contribution is -2.14. The summed E-state index contributed by atoms with van der Waals surface area (Å²) >= 11 is 0. The molecule has 226 valence electrons. The number of furan rings is 1. The van der Waals surface area contributed by atoms with Gasteiger partial charge in [0.2, 0.25) is 0 Å². The molecule has 0 atom stereocenters. The predicted octanol–water partition coefficient (Wildman–Crippen LogP) is 13.2. The third-order valence-corrected chi connectivity index (χ3v) is 10.6. The van der Waals surface area contributed by atoms with Gasteiger partial charge in [0, 0.05) is 33.1 Å². The fraction of sp³-hybridized carbons (Fsp3) is 0.0638. The summed E-state index contributed by atoms with van der Waals surface area (Å²) in [5, 5.41) is 8.62. The van der Waals surface area contributed by atoms with Crippen LogP contribution in [0.1, 0.15) is 25.0 Å². The van der Waals surface area contributed by atoms with Gasteiger partial charge in [0.1, 0.15) is 11.3 Å². The van der Waals surface area contributed by atoms with E-state index in [4.69, 9.17) is 4.42 Å². The quantitative estimate of drug-likeness (QED) is 0.181. The van der Waals surface area contributed by atoms with E-state index in [1.807, 2.05) is 0 Å². The molecule has 0 saturated carbocycles. The normalized spacial score (nSPS) is 13.4. The molecule has 0 spiro atoms. The Hall–Kier alpha value is -5.92. The summed E-state index contributed by atoms with van der Waals surface area (Å²) in [5.74, 6) is 1.01. The molecule has 1 aromatic heterocycles. The lowest BCUT2D eigenvalue weighted by atomic mass is 9.80. The number of benzene rings is 8. The van der Waals surface area contributed by atoms with Crippen molar-refractivity contribution in [1.82, 2.24) is 0 Å². The molecule has 1 heterocycles. The minimum atomic E-state index is -0.143. The first-order chi connectivity index (χ1) is 23.6. The molecule has 0 radical (unpaired) electrons. The Morgan fingerprint density at radius 3 is 1.65 bits per heavy atom. The predicted molar refractivity (Wildman–Crippen MR) is 203 cm³/mol. The highest BCUT2D eigenvalue weighted by atomic mass is 16.3. The van der Waals surface area contributed by atoms with E-state index in [0.29, 0.717) is 0 Å². The van der Waals surface area contributed by atoms with Crippen LogP contribution in [-0.2, 0) is 5.41 Å². The van der Waals surface area contributed by atoms with E-state index < -0.39 is 0 Å². The smallest absolute Gasteiger partial charge is 0.143 e. The average molecular weight is 613 g/mol. The van der Waals surface area contributed by atoms with E-state index in [0.717, 1.165) is 16.9 Å². The second kappa shape index (κ2) is 10.0. The van der Waals surface area contributed by atoms with Gasteiger partial charge < -0.3 is 4.42 Å². The van der Waals surface area contributed by atoms with E-state index in [9.17, 15) is 0 Å². The minimum absolute atomic E-state index is 0.143. The molecule has 48 heavy (non-hydrogen) atoms. The van der Waals surface area contributed by atoms with Gasteiger partial charge in [0.25, 0.3) is 0 Å². The first-order valence-electron chi connectivity index (χ1n) is 16.8. The van der Waals surface area contributed by atoms with Gasteiger partial charge in [-0.2, -0.15) is 0 Å². The fourth-order valence-electron chi connectivity index (χ4n) is 8.51. The van der Waals surface area contributed by atoms with Crippen molar-refractivity contribution in [3.8, 4) is 44.7 Å². The summed E-state index contributed by atoms with van der Waals surface area (Å²) in [5.41, 5.74) is 11.9. The molecule has 10 rings (SSSR count). The Morgan fingerprint density at radius 1 is 0.417 bits per heavy atom. The van der Waals surface area contributed by atoms with Gasteiger partial charge in [-0.3, -0.25) is 0 Å². The van der Waals surface area contributed by atoms with Crippen molar-refractivity contribution in [2.75, 3.05) is 0 Å². The topological polar surface area (TPSA) is 13.1 Å². The third kappa shape index (κ3) is 3.73. The van der Waals surface area contributed by atoms with Crippen molar-refractivity contribution in [2.45, 2.75) is 19.3 Å². The van der Waals surface area contributed by atoms with Gasteiger partial charge in [-0.15, -0.1) is 0 Å². The molecule has 0 N–H and O–H groups in total. The molecule has 9 aromatic rings. The van der Waals surface area contributed by atoms with Crippen LogP contribution in [0.4, 0.5) is 0 Å². The van der Waals surface area contributed by atoms with E-state index in [1.54, 1.807) is 0 Å². The number of fused-ring (bicyclic) bond motifs is 8. The summed E-state index contributed by atoms with van der Waals surface area (Å²) in [6, 6.07) is 57.5. The highest BCUT2D eigenvalue weighted by molar-refractivity contribution is 6.24. The van der Waals surface area contributed by atoms with Crippen molar-refractivity contribution in [1.29, 1.82) is 0 Å². The molecule has 0 unspecified atom stereocenters. The lowest BCUT2D eigenvalue weighted by molar-refractivity contribution is 0.620. The van der Waals surface area contributed by atoms with Gasteiger partial charge in [0.15, 0.2) is 0 Å². The number of para-hydroxylation sites is 1. The molecule has 0 amide bonds. The number of rotatable bonds is 3. The Morgan fingerprint density at radius 2 is 0.938 bits per heavy atom. The molecule has 0 aliphatic heterocycles. The van der Waals surface area contributed by atoms with Crippen LogP contribution in [0.2, 0.25) is 0 Å². The molecule has 1 heteroatoms. The van der Waals surface area contributed by atoms with Crippen LogP contribution >= 0.6 is 0 Å². The average Bonchev–Trinajstić information content (AvgIpc) is 3.64. The maximum Gasteiger partial charge on any atom is 0.143 e. The maximum absolute atomic E-state index is 6.98. The molecule has 1 nitrogen and oxygen atoms in total. The van der Waals surface area contributed by atoms with Crippen molar-refractivity contribution in [2.24, 2.45) is 0 Å². The summed E-state index contributed by atoms with van der Waals surface area (Å²) in [4.78, 5) is 0. The standard InChI is InChI=1S/C47H32O/c1-47(2)41-25-12-11-22-38(41)46-44(47)40-24-13-23-39(45(40)48-46)43-36-20-9-7-18-34(36)42(35-19-8-10-21-37(35)43)33-17-6-5-16-32(33)31-27-26-29-14-3-4-15-30(29)28-31/h3-28H,1-2H3. The van der Waals surface area contributed by atoms with E-state index >= 15 is 0 Å². The van der Waals surface area contributed by atoms with Crippen molar-refractivity contribution in [3.63, 3.8) is 0 Å². The van der Waals surface area contributed by atoms with Crippen molar-refractivity contribution < 1.29 is 4.42 Å². The molecule has 0 fully saturated rings. The summed E-state index contributed by atoms with van der Waals surface area (Å²) in [6.45, 7) is 4.65. The van der Waals surface area contributed by atoms with Crippen LogP contribution in [0.5, 0.6) is 0 Å². The molecule has 1 aliphatic carbocycles. The van der Waals surface area contributed by atoms with Crippen LogP contribution in [-0.4, -0.2) is 0 Å². The zero-order valence-corrected chi connectivity index (χ0v) is 26.9. The number of hydrogen-bond acceptors (Lipinski definition) is 1. The van der Waals surface area contributed by atoms with E-state index in [2.05, 4.69) is 172 Å². The zero-order chi connectivity index (χ0) is 32.0. The Labute approximate surface area is 279 Å². The summed E-state index contributed by atoms with van der Waals surface area (Å²) in [7, 11) is 0. The Kier molecular flexibility index (Phi) is 5.69. The highest BCUT2D eigenvalue weighted by Crippen LogP contribution is 2.55. The van der Waals surface area contributed by atoms with Gasteiger partial charge in [0.05, 0.1) is 0 Å². The largest absolute Gasteiger partial charge is 0.455 e. The number of hydrogen-bond donors (Lipinski definition) is 0. The maximum atomic E-state index is 6.98. The summed E-state index contributed by atoms with van der Waals surface area (Å²) in [6.07, 6.45) is 0. The van der Waals surface area contributed by atoms with Gasteiger partial charge in [-0.05, 0) is 66.2 Å². The van der Waals surface area contributed by atoms with Crippen LogP contribution in [0.25, 0.3) is 88.0 Å². The van der Waals surface area contributed by atoms with Crippen LogP contribution in [0.3, 0.4) is 0 Å². The van der Waals surface area contributed by atoms with Crippen molar-refractivity contribution in [3.05, 3.63) is 169 Å². The van der Waals surface area contributed by atoms with Crippen LogP contribution in [0.15, 0.2) is 162 Å². The third-order valence-electron chi connectivity index (χ3n) is 10.6. The molecule has 8 aromatic carbocycles. The van der Waals surface area contributed by atoms with Gasteiger partial charge in [-0.25, -0.2) is 0 Å². The first-order valence-corrected chi connectivity index (χ1v) is 16.8. The second-order valence-corrected chi connectivity index (χ2v) is 13.6. The van der Waals surface area contributed by atoms with Crippen LogP contribution in [0, 0.1) is 0 Å². The van der Waals surface area contributed by atoms with Gasteiger partial charge >= 0.3 is 0 Å². The van der Waals surface area contributed by atoms with Gasteiger partial charge in [-0.1, -0.05) is 166 Å². The SMILES string of the molecule is CC1(C)c2ccccc2-c2oc3c(-c4c5ccccc5c(-c5ccccc5-c5ccc6ccccc6c5)c5ccccc45)cccc3c21. The Bertz CT molecular complexity index is 2700. The molecule has 0 bridgehead atoms. The minimum Gasteiger partial charge on any atom is -0.455 e. The fourth-order valence-corrected chi connectivity index (χ4v) is 8.51. The molecule has 1 aliphatic rings. The van der Waals surface area contributed by atoms with E-state index in [-0.39, 0.29) is 5.41 Å². The molecular formula is C47H32O. The summed E-state index contributed by atoms with van der Waals surface area (Å²) < 4.78 is 6.98. The van der Waals surface area contributed by atoms with E-state index in [1.165, 1.54) is 82.2 Å². The Balaban J connectivity index is 1.28. The zero-order valence-electron chi connectivity index (χ0n) is 26.9.